The minimum atomic E-state index is 0.177. The van der Waals surface area contributed by atoms with Gasteiger partial charge in [0.1, 0.15) is 17.5 Å². The summed E-state index contributed by atoms with van der Waals surface area (Å²) in [4.78, 5) is 16.0. The second-order valence-electron chi connectivity index (χ2n) is 14.7. The van der Waals surface area contributed by atoms with Crippen LogP contribution >= 0.6 is 0 Å². The van der Waals surface area contributed by atoms with Crippen LogP contribution in [0.5, 0.6) is 34.5 Å². The fraction of sp³-hybridized carbons (Fsp3) is 0.0625. The number of nitrogens with zero attached hydrogens (tertiary/aromatic N) is 6. The zero-order valence-electron chi connectivity index (χ0n) is 31.6. The zero-order chi connectivity index (χ0) is 39.3. The molecule has 60 heavy (non-hydrogen) atoms. The first kappa shape index (κ1) is 32.8. The fourth-order valence-electron chi connectivity index (χ4n) is 8.53. The van der Waals surface area contributed by atoms with Crippen LogP contribution in [0.1, 0.15) is 0 Å². The third-order valence-electron chi connectivity index (χ3n) is 11.2. The van der Waals surface area contributed by atoms with Gasteiger partial charge in [-0.25, -0.2) is 15.0 Å². The minimum Gasteiger partial charge on any atom is -0.454 e. The Balaban J connectivity index is 1.11. The second kappa shape index (κ2) is 12.6. The van der Waals surface area contributed by atoms with E-state index in [1.807, 2.05) is 109 Å². The van der Waals surface area contributed by atoms with E-state index in [4.69, 9.17) is 43.4 Å². The van der Waals surface area contributed by atoms with Crippen molar-refractivity contribution in [1.82, 2.24) is 28.7 Å². The van der Waals surface area contributed by atoms with Gasteiger partial charge < -0.3 is 28.4 Å². The summed E-state index contributed by atoms with van der Waals surface area (Å²) in [6.45, 7) is 0.531. The number of hydrogen-bond acceptors (Lipinski definition) is 9. The minimum absolute atomic E-state index is 0.177. The molecule has 0 fully saturated rings. The number of aromatic nitrogens is 6. The van der Waals surface area contributed by atoms with Gasteiger partial charge in [-0.3, -0.25) is 13.7 Å². The molecule has 7 aromatic carbocycles. The van der Waals surface area contributed by atoms with Crippen molar-refractivity contribution in [3.63, 3.8) is 0 Å². The lowest BCUT2D eigenvalue weighted by atomic mass is 10.0. The predicted octanol–water partition coefficient (Wildman–Crippen LogP) is 9.89. The first-order valence-electron chi connectivity index (χ1n) is 19.5. The van der Waals surface area contributed by atoms with Crippen LogP contribution < -0.4 is 28.4 Å². The molecule has 12 heteroatoms. The Bertz CT molecular complexity index is 3030. The van der Waals surface area contributed by atoms with Crippen LogP contribution in [0, 0.1) is 0 Å². The average Bonchev–Trinajstić information content (AvgIpc) is 4.15. The lowest BCUT2D eigenvalue weighted by molar-refractivity contribution is 0.173. The Morgan fingerprint density at radius 3 is 0.950 bits per heavy atom. The van der Waals surface area contributed by atoms with Crippen molar-refractivity contribution in [2.45, 2.75) is 0 Å². The SMILES string of the molecule is c1ccc2c(c1)nc(-c1cc(-c3nc4ccccc4n3-c3ccc4c(c3)OCO4)cc(-c3nc4ccccc4n3-c3ccc4c(c3)OCO4)c1)n2-c1ccc2c(c1)OCO2. The lowest BCUT2D eigenvalue weighted by Gasteiger charge is -2.16. The third kappa shape index (κ3) is 5.00. The molecule has 0 saturated heterocycles. The molecule has 0 unspecified atom stereocenters. The topological polar surface area (TPSA) is 109 Å². The first-order chi connectivity index (χ1) is 29.7. The molecular weight excluding hydrogens is 757 g/mol. The van der Waals surface area contributed by atoms with Gasteiger partial charge in [0.2, 0.25) is 20.4 Å². The van der Waals surface area contributed by atoms with Crippen molar-refractivity contribution in [1.29, 1.82) is 0 Å². The molecule has 0 saturated carbocycles. The van der Waals surface area contributed by atoms with Crippen LogP contribution in [0.15, 0.2) is 146 Å². The molecule has 12 nitrogen and oxygen atoms in total. The van der Waals surface area contributed by atoms with Gasteiger partial charge in [0.05, 0.1) is 50.2 Å². The monoisotopic (exact) mass is 786 g/mol. The Morgan fingerprint density at radius 1 is 0.317 bits per heavy atom. The summed E-state index contributed by atoms with van der Waals surface area (Å²) in [6, 6.07) is 48.9. The molecule has 0 amide bonds. The fourth-order valence-corrected chi connectivity index (χ4v) is 8.53. The number of ether oxygens (including phenoxy) is 6. The van der Waals surface area contributed by atoms with E-state index in [0.29, 0.717) is 34.5 Å². The Morgan fingerprint density at radius 2 is 0.617 bits per heavy atom. The standard InChI is InChI=1S/C48H30N6O6/c1-4-10-37-34(7-1)49-46(52(37)31-13-16-40-43(22-31)58-25-55-40)28-19-29(47-50-35-8-2-5-11-38(35)53(47)32-14-17-41-44(23-32)59-26-56-41)21-30(20-28)48-51-36-9-3-6-12-39(36)54(48)33-15-18-42-45(24-33)60-27-57-42/h1-24H,25-27H2. The van der Waals surface area contributed by atoms with Crippen molar-refractivity contribution in [2.75, 3.05) is 20.4 Å². The highest BCUT2D eigenvalue weighted by Gasteiger charge is 2.25. The average molecular weight is 787 g/mol. The molecular formula is C48H30N6O6. The van der Waals surface area contributed by atoms with Crippen molar-refractivity contribution in [2.24, 2.45) is 0 Å². The largest absolute Gasteiger partial charge is 0.454 e. The maximum atomic E-state index is 5.86. The highest BCUT2D eigenvalue weighted by Crippen LogP contribution is 2.43. The normalized spacial score (nSPS) is 13.6. The van der Waals surface area contributed by atoms with Crippen molar-refractivity contribution in [3.05, 3.63) is 146 Å². The zero-order valence-corrected chi connectivity index (χ0v) is 31.6. The Hall–Kier alpha value is -8.25. The number of para-hydroxylation sites is 6. The molecule has 3 aromatic heterocycles. The van der Waals surface area contributed by atoms with Gasteiger partial charge in [-0.1, -0.05) is 36.4 Å². The van der Waals surface area contributed by atoms with Gasteiger partial charge in [-0.05, 0) is 91.0 Å². The van der Waals surface area contributed by atoms with Crippen molar-refractivity contribution in [3.8, 4) is 85.7 Å². The highest BCUT2D eigenvalue weighted by molar-refractivity contribution is 5.90. The van der Waals surface area contributed by atoms with E-state index in [9.17, 15) is 0 Å². The van der Waals surface area contributed by atoms with E-state index in [1.54, 1.807) is 0 Å². The van der Waals surface area contributed by atoms with Crippen LogP contribution in [0.2, 0.25) is 0 Å². The van der Waals surface area contributed by atoms with E-state index in [2.05, 4.69) is 50.1 Å². The van der Waals surface area contributed by atoms with E-state index in [-0.39, 0.29) is 20.4 Å². The smallest absolute Gasteiger partial charge is 0.231 e. The van der Waals surface area contributed by atoms with Crippen LogP contribution in [-0.4, -0.2) is 49.0 Å². The maximum absolute atomic E-state index is 5.86. The first-order valence-corrected chi connectivity index (χ1v) is 19.5. The summed E-state index contributed by atoms with van der Waals surface area (Å²) in [6.07, 6.45) is 0. The molecule has 3 aliphatic rings. The molecule has 0 N–H and O–H groups in total. The van der Waals surface area contributed by atoms with Crippen LogP contribution in [-0.2, 0) is 0 Å². The van der Waals surface area contributed by atoms with E-state index >= 15 is 0 Å². The van der Waals surface area contributed by atoms with Crippen LogP contribution in [0.25, 0.3) is 84.3 Å². The number of fused-ring (bicyclic) bond motifs is 6. The molecule has 0 spiro atoms. The van der Waals surface area contributed by atoms with Gasteiger partial charge >= 0.3 is 0 Å². The molecule has 0 radical (unpaired) electrons. The van der Waals surface area contributed by atoms with Gasteiger partial charge in [0.25, 0.3) is 0 Å². The van der Waals surface area contributed by atoms with Gasteiger partial charge in [0, 0.05) is 34.9 Å². The molecule has 13 rings (SSSR count). The van der Waals surface area contributed by atoms with Crippen LogP contribution in [0.3, 0.4) is 0 Å². The summed E-state index contributed by atoms with van der Waals surface area (Å²) in [5, 5.41) is 0. The molecule has 288 valence electrons. The summed E-state index contributed by atoms with van der Waals surface area (Å²) in [5.74, 6) is 6.36. The number of imidazole rings is 3. The van der Waals surface area contributed by atoms with Gasteiger partial charge in [-0.2, -0.15) is 0 Å². The summed E-state index contributed by atoms with van der Waals surface area (Å²) in [5.41, 5.74) is 10.6. The quantitative estimate of drug-likeness (QED) is 0.163. The number of hydrogen-bond donors (Lipinski definition) is 0. The summed E-state index contributed by atoms with van der Waals surface area (Å²) in [7, 11) is 0. The molecule has 0 bridgehead atoms. The summed E-state index contributed by atoms with van der Waals surface area (Å²) < 4.78 is 41.2. The van der Waals surface area contributed by atoms with E-state index in [1.165, 1.54) is 0 Å². The number of rotatable bonds is 6. The van der Waals surface area contributed by atoms with Crippen molar-refractivity contribution >= 4 is 33.1 Å². The second-order valence-corrected chi connectivity index (χ2v) is 14.7. The van der Waals surface area contributed by atoms with Crippen molar-refractivity contribution < 1.29 is 28.4 Å². The third-order valence-corrected chi connectivity index (χ3v) is 11.2. The Kier molecular flexibility index (Phi) is 6.90. The molecule has 0 aliphatic carbocycles. The van der Waals surface area contributed by atoms with Crippen LogP contribution in [0.4, 0.5) is 0 Å². The molecule has 0 atom stereocenters. The molecule has 10 aromatic rings. The highest BCUT2D eigenvalue weighted by atomic mass is 16.7. The maximum Gasteiger partial charge on any atom is 0.231 e. The summed E-state index contributed by atoms with van der Waals surface area (Å²) >= 11 is 0. The Labute approximate surface area is 340 Å². The number of benzene rings is 7. The predicted molar refractivity (Wildman–Crippen MR) is 225 cm³/mol. The van der Waals surface area contributed by atoms with Gasteiger partial charge in [-0.15, -0.1) is 0 Å². The molecule has 6 heterocycles. The van der Waals surface area contributed by atoms with Gasteiger partial charge in [0.15, 0.2) is 34.5 Å². The molecule has 3 aliphatic heterocycles. The van der Waals surface area contributed by atoms with E-state index in [0.717, 1.165) is 84.3 Å². The lowest BCUT2D eigenvalue weighted by Crippen LogP contribution is -2.02. The van der Waals surface area contributed by atoms with E-state index < -0.39 is 0 Å².